The maximum absolute atomic E-state index is 12.8. The van der Waals surface area contributed by atoms with Gasteiger partial charge in [0.15, 0.2) is 5.78 Å². The van der Waals surface area contributed by atoms with Crippen LogP contribution in [-0.4, -0.2) is 18.9 Å². The van der Waals surface area contributed by atoms with E-state index in [4.69, 9.17) is 0 Å². The summed E-state index contributed by atoms with van der Waals surface area (Å²) in [7, 11) is 2.12. The van der Waals surface area contributed by atoms with Crippen LogP contribution in [0, 0.1) is 5.92 Å². The van der Waals surface area contributed by atoms with Crippen molar-refractivity contribution in [2.75, 3.05) is 11.9 Å². The number of carbonyl (C=O) groups excluding carboxylic acids is 1. The maximum atomic E-state index is 12.8. The van der Waals surface area contributed by atoms with Gasteiger partial charge in [-0.25, -0.2) is 0 Å². The van der Waals surface area contributed by atoms with Gasteiger partial charge < -0.3 is 4.90 Å². The van der Waals surface area contributed by atoms with E-state index in [0.717, 1.165) is 24.1 Å². The molecule has 0 saturated carbocycles. The van der Waals surface area contributed by atoms with Crippen LogP contribution in [0.5, 0.6) is 0 Å². The summed E-state index contributed by atoms with van der Waals surface area (Å²) in [6.45, 7) is 0. The fourth-order valence-electron chi connectivity index (χ4n) is 3.74. The predicted molar refractivity (Wildman–Crippen MR) is 80.3 cm³/mol. The third-order valence-corrected chi connectivity index (χ3v) is 4.84. The van der Waals surface area contributed by atoms with Gasteiger partial charge in [0.2, 0.25) is 0 Å². The molecule has 0 aromatic heterocycles. The number of hydrogen-bond acceptors (Lipinski definition) is 2. The summed E-state index contributed by atoms with van der Waals surface area (Å²) in [5, 5.41) is 0. The normalized spacial score (nSPS) is 23.9. The average Bonchev–Trinajstić information content (AvgIpc) is 2.51. The van der Waals surface area contributed by atoms with Crippen molar-refractivity contribution < 1.29 is 4.79 Å². The summed E-state index contributed by atoms with van der Waals surface area (Å²) in [5.41, 5.74) is 4.71. The van der Waals surface area contributed by atoms with Gasteiger partial charge in [0.25, 0.3) is 0 Å². The van der Waals surface area contributed by atoms with Crippen LogP contribution in [0.3, 0.4) is 0 Å². The number of hydrogen-bond donors (Lipinski definition) is 0. The van der Waals surface area contributed by atoms with Crippen molar-refractivity contribution in [2.45, 2.75) is 18.9 Å². The molecule has 0 unspecified atom stereocenters. The van der Waals surface area contributed by atoms with Gasteiger partial charge >= 0.3 is 0 Å². The van der Waals surface area contributed by atoms with Crippen LogP contribution in [0.2, 0.25) is 0 Å². The topological polar surface area (TPSA) is 20.3 Å². The van der Waals surface area contributed by atoms with Gasteiger partial charge in [0, 0.05) is 30.3 Å². The molecule has 0 N–H and O–H groups in total. The van der Waals surface area contributed by atoms with E-state index in [2.05, 4.69) is 42.3 Å². The first-order chi connectivity index (χ1) is 9.75. The third kappa shape index (κ3) is 1.54. The van der Waals surface area contributed by atoms with Crippen LogP contribution < -0.4 is 4.90 Å². The third-order valence-electron chi connectivity index (χ3n) is 4.84. The van der Waals surface area contributed by atoms with E-state index in [1.165, 1.54) is 11.1 Å². The number of fused-ring (bicyclic) bond motifs is 3. The molecular weight excluding hydrogens is 246 g/mol. The van der Waals surface area contributed by atoms with Crippen molar-refractivity contribution >= 4 is 11.5 Å². The molecule has 1 aliphatic carbocycles. The molecule has 1 heterocycles. The highest BCUT2D eigenvalue weighted by molar-refractivity contribution is 6.05. The van der Waals surface area contributed by atoms with E-state index < -0.39 is 0 Å². The molecule has 0 radical (unpaired) electrons. The first-order valence-corrected chi connectivity index (χ1v) is 7.18. The molecule has 2 aromatic rings. The molecule has 0 amide bonds. The lowest BCUT2D eigenvalue weighted by Crippen LogP contribution is -2.50. The number of likely N-dealkylation sites (N-methyl/N-ethyl adjacent to an activating group) is 1. The number of nitrogens with zero attached hydrogens (tertiary/aromatic N) is 1. The van der Waals surface area contributed by atoms with E-state index in [0.29, 0.717) is 11.8 Å². The van der Waals surface area contributed by atoms with Crippen molar-refractivity contribution in [1.29, 1.82) is 0 Å². The van der Waals surface area contributed by atoms with Crippen molar-refractivity contribution in [1.82, 2.24) is 0 Å². The molecule has 0 bridgehead atoms. The number of carbonyl (C=O) groups is 1. The van der Waals surface area contributed by atoms with Gasteiger partial charge in [-0.05, 0) is 36.1 Å². The Hall–Kier alpha value is -2.09. The minimum Gasteiger partial charge on any atom is -0.370 e. The fraction of sp³-hybridized carbons (Fsp3) is 0.278. The summed E-state index contributed by atoms with van der Waals surface area (Å²) in [5.74, 6) is 0.419. The highest BCUT2D eigenvalue weighted by atomic mass is 16.1. The zero-order valence-corrected chi connectivity index (χ0v) is 11.5. The molecule has 4 rings (SSSR count). The Morgan fingerprint density at radius 2 is 1.60 bits per heavy atom. The predicted octanol–water partition coefficient (Wildman–Crippen LogP) is 3.10. The van der Waals surface area contributed by atoms with Crippen LogP contribution in [0.1, 0.15) is 21.5 Å². The zero-order valence-electron chi connectivity index (χ0n) is 11.5. The second-order valence-electron chi connectivity index (χ2n) is 5.84. The number of anilines is 1. The Bertz CT molecular complexity index is 691. The quantitative estimate of drug-likeness (QED) is 0.728. The Morgan fingerprint density at radius 3 is 2.40 bits per heavy atom. The molecular formula is C18H17NO. The van der Waals surface area contributed by atoms with E-state index in [9.17, 15) is 4.79 Å². The second kappa shape index (κ2) is 4.20. The number of ketones is 1. The standard InChI is InChI=1S/C18H17NO/c1-19-16-9-5-4-8-14(16)18(20)15-10-12-6-2-3-7-13(12)11-17(15)19/h2-9,15,17H,10-11H2,1H3/t15-,17+/m0/s1. The lowest BCUT2D eigenvalue weighted by Gasteiger charge is -2.43. The first kappa shape index (κ1) is 11.7. The van der Waals surface area contributed by atoms with Gasteiger partial charge in [-0.1, -0.05) is 36.4 Å². The Balaban J connectivity index is 1.82. The smallest absolute Gasteiger partial charge is 0.170 e. The molecule has 2 nitrogen and oxygen atoms in total. The first-order valence-electron chi connectivity index (χ1n) is 7.18. The number of rotatable bonds is 0. The molecule has 2 aliphatic rings. The summed E-state index contributed by atoms with van der Waals surface area (Å²) >= 11 is 0. The lowest BCUT2D eigenvalue weighted by atomic mass is 9.73. The van der Waals surface area contributed by atoms with E-state index in [-0.39, 0.29) is 5.92 Å². The van der Waals surface area contributed by atoms with Crippen molar-refractivity contribution in [3.63, 3.8) is 0 Å². The van der Waals surface area contributed by atoms with E-state index >= 15 is 0 Å². The molecule has 2 atom stereocenters. The number of Topliss-reactive ketones (excluding diaryl/α,β-unsaturated/α-hetero) is 1. The Morgan fingerprint density at radius 1 is 0.950 bits per heavy atom. The zero-order chi connectivity index (χ0) is 13.7. The van der Waals surface area contributed by atoms with Crippen molar-refractivity contribution in [3.05, 3.63) is 65.2 Å². The summed E-state index contributed by atoms with van der Waals surface area (Å²) in [4.78, 5) is 15.1. The monoisotopic (exact) mass is 263 g/mol. The van der Waals surface area contributed by atoms with E-state index in [1.807, 2.05) is 18.2 Å². The summed E-state index contributed by atoms with van der Waals surface area (Å²) in [6.07, 6.45) is 1.84. The average molecular weight is 263 g/mol. The molecule has 2 aromatic carbocycles. The summed E-state index contributed by atoms with van der Waals surface area (Å²) in [6, 6.07) is 16.8. The van der Waals surface area contributed by atoms with E-state index in [1.54, 1.807) is 0 Å². The summed E-state index contributed by atoms with van der Waals surface area (Å²) < 4.78 is 0. The largest absolute Gasteiger partial charge is 0.370 e. The molecule has 0 saturated heterocycles. The van der Waals surface area contributed by atoms with Crippen LogP contribution in [-0.2, 0) is 12.8 Å². The van der Waals surface area contributed by atoms with Crippen molar-refractivity contribution in [3.8, 4) is 0 Å². The molecule has 100 valence electrons. The van der Waals surface area contributed by atoms with Crippen LogP contribution in [0.4, 0.5) is 5.69 Å². The van der Waals surface area contributed by atoms with Gasteiger partial charge in [0.05, 0.1) is 0 Å². The lowest BCUT2D eigenvalue weighted by molar-refractivity contribution is 0.0882. The van der Waals surface area contributed by atoms with Crippen LogP contribution >= 0.6 is 0 Å². The molecule has 0 spiro atoms. The molecule has 0 fully saturated rings. The Kier molecular flexibility index (Phi) is 2.46. The highest BCUT2D eigenvalue weighted by Gasteiger charge is 2.41. The maximum Gasteiger partial charge on any atom is 0.170 e. The number of para-hydroxylation sites is 1. The minimum atomic E-state index is 0.102. The fourth-order valence-corrected chi connectivity index (χ4v) is 3.74. The van der Waals surface area contributed by atoms with Gasteiger partial charge in [-0.2, -0.15) is 0 Å². The van der Waals surface area contributed by atoms with Crippen LogP contribution in [0.15, 0.2) is 48.5 Å². The second-order valence-corrected chi connectivity index (χ2v) is 5.84. The molecule has 2 heteroatoms. The SMILES string of the molecule is CN1c2ccccc2C(=O)[C@H]2Cc3ccccc3C[C@H]21. The van der Waals surface area contributed by atoms with Crippen molar-refractivity contribution in [2.24, 2.45) is 5.92 Å². The highest BCUT2D eigenvalue weighted by Crippen LogP contribution is 2.39. The number of benzene rings is 2. The molecule has 1 aliphatic heterocycles. The minimum absolute atomic E-state index is 0.102. The molecule has 20 heavy (non-hydrogen) atoms. The van der Waals surface area contributed by atoms with Gasteiger partial charge in [-0.3, -0.25) is 4.79 Å². The Labute approximate surface area is 119 Å². The van der Waals surface area contributed by atoms with Crippen LogP contribution in [0.25, 0.3) is 0 Å². The van der Waals surface area contributed by atoms with Gasteiger partial charge in [-0.15, -0.1) is 0 Å². The van der Waals surface area contributed by atoms with Gasteiger partial charge in [0.1, 0.15) is 0 Å².